The lowest BCUT2D eigenvalue weighted by molar-refractivity contribution is 0.669. The molecule has 0 spiro atoms. The van der Waals surface area contributed by atoms with E-state index in [2.05, 4.69) is 103 Å². The van der Waals surface area contributed by atoms with Crippen LogP contribution in [0.4, 0.5) is 0 Å². The molecule has 7 aromatic carbocycles. The van der Waals surface area contributed by atoms with Crippen molar-refractivity contribution in [2.45, 2.75) is 0 Å². The molecule has 4 nitrogen and oxygen atoms in total. The third-order valence-electron chi connectivity index (χ3n) is 8.53. The molecule has 4 heteroatoms. The molecule has 0 aliphatic heterocycles. The van der Waals surface area contributed by atoms with Gasteiger partial charge in [0.15, 0.2) is 17.5 Å². The summed E-state index contributed by atoms with van der Waals surface area (Å²) in [6, 6.07) is 52.2. The number of rotatable bonds is 4. The molecule has 0 aliphatic rings. The normalized spacial score (nSPS) is 11.6. The van der Waals surface area contributed by atoms with Gasteiger partial charge in [0.05, 0.1) is 0 Å². The molecular weight excluding hydrogens is 550 g/mol. The Bertz CT molecular complexity index is 2520. The molecule has 9 aromatic rings. The molecule has 0 fully saturated rings. The van der Waals surface area contributed by atoms with Gasteiger partial charge in [0, 0.05) is 27.5 Å². The molecule has 2 heterocycles. The number of furan rings is 1. The van der Waals surface area contributed by atoms with Crippen molar-refractivity contribution in [3.8, 4) is 45.3 Å². The van der Waals surface area contributed by atoms with Crippen molar-refractivity contribution >= 4 is 43.5 Å². The molecule has 0 radical (unpaired) electrons. The topological polar surface area (TPSA) is 51.8 Å². The highest BCUT2D eigenvalue weighted by atomic mass is 16.3. The van der Waals surface area contributed by atoms with Gasteiger partial charge >= 0.3 is 0 Å². The zero-order chi connectivity index (χ0) is 29.7. The van der Waals surface area contributed by atoms with Crippen LogP contribution in [-0.2, 0) is 0 Å². The number of nitrogens with zero attached hydrogens (tertiary/aromatic N) is 3. The zero-order valence-electron chi connectivity index (χ0n) is 24.2. The molecule has 9 rings (SSSR count). The lowest BCUT2D eigenvalue weighted by atomic mass is 9.96. The summed E-state index contributed by atoms with van der Waals surface area (Å²) < 4.78 is 6.18. The van der Waals surface area contributed by atoms with Gasteiger partial charge in [-0.05, 0) is 50.9 Å². The number of para-hydroxylation sites is 1. The van der Waals surface area contributed by atoms with E-state index in [0.29, 0.717) is 17.5 Å². The second kappa shape index (κ2) is 10.2. The minimum Gasteiger partial charge on any atom is -0.456 e. The highest BCUT2D eigenvalue weighted by molar-refractivity contribution is 6.18. The monoisotopic (exact) mass is 575 g/mol. The second-order valence-corrected chi connectivity index (χ2v) is 11.2. The Hall–Kier alpha value is -6.13. The standard InChI is InChI=1S/C41H25N3O/c1-3-10-26(11-4-1)27-18-20-29(21-19-27)40-42-39(28-12-5-2-6-13-28)43-41(44-40)34-16-9-15-31-32(34)23-22-30-24-38-36(25-35(30)31)33-14-7-8-17-37(33)45-38/h1-25H. The van der Waals surface area contributed by atoms with E-state index in [0.717, 1.165) is 60.4 Å². The maximum atomic E-state index is 6.18. The van der Waals surface area contributed by atoms with E-state index in [1.807, 2.05) is 48.5 Å². The highest BCUT2D eigenvalue weighted by Gasteiger charge is 2.16. The highest BCUT2D eigenvalue weighted by Crippen LogP contribution is 2.38. The zero-order valence-corrected chi connectivity index (χ0v) is 24.2. The van der Waals surface area contributed by atoms with Gasteiger partial charge in [0.1, 0.15) is 11.2 Å². The second-order valence-electron chi connectivity index (χ2n) is 11.2. The van der Waals surface area contributed by atoms with Gasteiger partial charge in [-0.2, -0.15) is 0 Å². The van der Waals surface area contributed by atoms with E-state index in [1.165, 1.54) is 10.9 Å². The average molecular weight is 576 g/mol. The molecule has 0 atom stereocenters. The smallest absolute Gasteiger partial charge is 0.164 e. The van der Waals surface area contributed by atoms with Crippen LogP contribution in [0.15, 0.2) is 156 Å². The molecule has 2 aromatic heterocycles. The first-order valence-corrected chi connectivity index (χ1v) is 15.0. The summed E-state index contributed by atoms with van der Waals surface area (Å²) in [5.74, 6) is 1.93. The van der Waals surface area contributed by atoms with Gasteiger partial charge in [-0.3, -0.25) is 0 Å². The minimum atomic E-state index is 0.642. The minimum absolute atomic E-state index is 0.642. The predicted molar refractivity (Wildman–Crippen MR) is 184 cm³/mol. The van der Waals surface area contributed by atoms with Crippen molar-refractivity contribution in [1.82, 2.24) is 15.0 Å². The summed E-state index contributed by atoms with van der Waals surface area (Å²) >= 11 is 0. The molecule has 0 N–H and O–H groups in total. The third-order valence-corrected chi connectivity index (χ3v) is 8.53. The summed E-state index contributed by atoms with van der Waals surface area (Å²) in [7, 11) is 0. The van der Waals surface area contributed by atoms with Gasteiger partial charge in [-0.25, -0.2) is 15.0 Å². The Balaban J connectivity index is 1.24. The van der Waals surface area contributed by atoms with Crippen LogP contribution in [-0.4, -0.2) is 15.0 Å². The molecule has 0 unspecified atom stereocenters. The van der Waals surface area contributed by atoms with Crippen LogP contribution in [0.25, 0.3) is 88.8 Å². The summed E-state index contributed by atoms with van der Waals surface area (Å²) in [6.45, 7) is 0. The number of aromatic nitrogens is 3. The number of hydrogen-bond acceptors (Lipinski definition) is 4. The number of benzene rings is 7. The van der Waals surface area contributed by atoms with Gasteiger partial charge < -0.3 is 4.42 Å². The molecule has 0 amide bonds. The molecule has 45 heavy (non-hydrogen) atoms. The summed E-state index contributed by atoms with van der Waals surface area (Å²) in [5.41, 5.74) is 6.97. The molecule has 0 saturated carbocycles. The lowest BCUT2D eigenvalue weighted by Gasteiger charge is -2.12. The van der Waals surface area contributed by atoms with Gasteiger partial charge in [0.2, 0.25) is 0 Å². The van der Waals surface area contributed by atoms with E-state index in [-0.39, 0.29) is 0 Å². The largest absolute Gasteiger partial charge is 0.456 e. The third kappa shape index (κ3) is 4.35. The van der Waals surface area contributed by atoms with Gasteiger partial charge in [-0.15, -0.1) is 0 Å². The van der Waals surface area contributed by atoms with E-state index in [1.54, 1.807) is 0 Å². The first-order chi connectivity index (χ1) is 22.3. The number of fused-ring (bicyclic) bond motifs is 6. The maximum absolute atomic E-state index is 6.18. The predicted octanol–water partition coefficient (Wildman–Crippen LogP) is 10.7. The fraction of sp³-hybridized carbons (Fsp3) is 0. The Kier molecular flexibility index (Phi) is 5.78. The Morgan fingerprint density at radius 3 is 1.71 bits per heavy atom. The van der Waals surface area contributed by atoms with Gasteiger partial charge in [0.25, 0.3) is 0 Å². The number of hydrogen-bond donors (Lipinski definition) is 0. The Morgan fingerprint density at radius 1 is 0.333 bits per heavy atom. The first kappa shape index (κ1) is 25.4. The van der Waals surface area contributed by atoms with Gasteiger partial charge in [-0.1, -0.05) is 133 Å². The quantitative estimate of drug-likeness (QED) is 0.196. The van der Waals surface area contributed by atoms with Crippen molar-refractivity contribution in [3.63, 3.8) is 0 Å². The van der Waals surface area contributed by atoms with Crippen molar-refractivity contribution in [2.75, 3.05) is 0 Å². The molecule has 0 bridgehead atoms. The molecule has 0 aliphatic carbocycles. The van der Waals surface area contributed by atoms with Crippen molar-refractivity contribution in [1.29, 1.82) is 0 Å². The fourth-order valence-electron chi connectivity index (χ4n) is 6.29. The average Bonchev–Trinajstić information content (AvgIpc) is 3.48. The van der Waals surface area contributed by atoms with E-state index >= 15 is 0 Å². The first-order valence-electron chi connectivity index (χ1n) is 15.0. The Labute approximate surface area is 259 Å². The lowest BCUT2D eigenvalue weighted by Crippen LogP contribution is -2.00. The molecular formula is C41H25N3O. The molecule has 210 valence electrons. The van der Waals surface area contributed by atoms with Crippen LogP contribution in [0.5, 0.6) is 0 Å². The fourth-order valence-corrected chi connectivity index (χ4v) is 6.29. The van der Waals surface area contributed by atoms with Crippen LogP contribution in [0.1, 0.15) is 0 Å². The van der Waals surface area contributed by atoms with Crippen molar-refractivity contribution in [3.05, 3.63) is 152 Å². The van der Waals surface area contributed by atoms with Crippen LogP contribution < -0.4 is 0 Å². The summed E-state index contributed by atoms with van der Waals surface area (Å²) in [4.78, 5) is 15.1. The van der Waals surface area contributed by atoms with Crippen molar-refractivity contribution < 1.29 is 4.42 Å². The van der Waals surface area contributed by atoms with E-state index < -0.39 is 0 Å². The van der Waals surface area contributed by atoms with E-state index in [4.69, 9.17) is 19.4 Å². The van der Waals surface area contributed by atoms with Crippen LogP contribution in [0.3, 0.4) is 0 Å². The van der Waals surface area contributed by atoms with E-state index in [9.17, 15) is 0 Å². The van der Waals surface area contributed by atoms with Crippen molar-refractivity contribution in [2.24, 2.45) is 0 Å². The maximum Gasteiger partial charge on any atom is 0.164 e. The summed E-state index contributed by atoms with van der Waals surface area (Å²) in [6.07, 6.45) is 0. The van der Waals surface area contributed by atoms with Crippen LogP contribution in [0.2, 0.25) is 0 Å². The van der Waals surface area contributed by atoms with Crippen LogP contribution >= 0.6 is 0 Å². The SMILES string of the molecule is c1ccc(-c2ccc(-c3nc(-c4ccccc4)nc(-c4cccc5c4ccc4cc6oc7ccccc7c6cc45)n3)cc2)cc1. The summed E-state index contributed by atoms with van der Waals surface area (Å²) in [5, 5.41) is 6.77. The Morgan fingerprint density at radius 2 is 0.933 bits per heavy atom. The van der Waals surface area contributed by atoms with Crippen LogP contribution in [0, 0.1) is 0 Å². The molecule has 0 saturated heterocycles.